The minimum absolute atomic E-state index is 0.00458. The highest BCUT2D eigenvalue weighted by Gasteiger charge is 2.26. The SMILES string of the molecule is C=CC(=O)N(CC)CC(=O)N1CCC(c2ncc[nH]2)CC1. The van der Waals surface area contributed by atoms with Gasteiger partial charge in [0.15, 0.2) is 0 Å². The summed E-state index contributed by atoms with van der Waals surface area (Å²) in [6.45, 7) is 7.39. The van der Waals surface area contributed by atoms with E-state index in [4.69, 9.17) is 0 Å². The molecule has 1 fully saturated rings. The first-order chi connectivity index (χ1) is 10.2. The fourth-order valence-electron chi connectivity index (χ4n) is 2.64. The van der Waals surface area contributed by atoms with Crippen LogP contribution in [0.1, 0.15) is 31.5 Å². The molecule has 6 heteroatoms. The molecule has 1 N–H and O–H groups in total. The second-order valence-electron chi connectivity index (χ2n) is 5.19. The van der Waals surface area contributed by atoms with Gasteiger partial charge in [0.1, 0.15) is 5.82 Å². The van der Waals surface area contributed by atoms with Crippen LogP contribution in [0.15, 0.2) is 25.0 Å². The Balaban J connectivity index is 1.85. The number of aromatic nitrogens is 2. The van der Waals surface area contributed by atoms with Gasteiger partial charge in [-0.15, -0.1) is 0 Å². The van der Waals surface area contributed by atoms with E-state index in [2.05, 4.69) is 16.5 Å². The lowest BCUT2D eigenvalue weighted by Crippen LogP contribution is -2.45. The first-order valence-corrected chi connectivity index (χ1v) is 7.34. The molecule has 1 aromatic rings. The van der Waals surface area contributed by atoms with Crippen molar-refractivity contribution in [3.05, 3.63) is 30.9 Å². The Hall–Kier alpha value is -2.11. The summed E-state index contributed by atoms with van der Waals surface area (Å²) >= 11 is 0. The standard InChI is InChI=1S/C15H22N4O2/c1-3-13(20)18(4-2)11-14(21)19-9-5-12(6-10-19)15-16-7-8-17-15/h3,7-8,12H,1,4-6,9-11H2,2H3,(H,16,17). The molecule has 2 heterocycles. The van der Waals surface area contributed by atoms with Gasteiger partial charge in [0.25, 0.3) is 0 Å². The molecule has 21 heavy (non-hydrogen) atoms. The third-order valence-corrected chi connectivity index (χ3v) is 3.95. The maximum Gasteiger partial charge on any atom is 0.246 e. The van der Waals surface area contributed by atoms with Gasteiger partial charge in [0, 0.05) is 37.9 Å². The molecule has 0 aromatic carbocycles. The van der Waals surface area contributed by atoms with E-state index < -0.39 is 0 Å². The first-order valence-electron chi connectivity index (χ1n) is 7.34. The van der Waals surface area contributed by atoms with Crippen LogP contribution >= 0.6 is 0 Å². The summed E-state index contributed by atoms with van der Waals surface area (Å²) in [5, 5.41) is 0. The number of hydrogen-bond acceptors (Lipinski definition) is 3. The van der Waals surface area contributed by atoms with Crippen LogP contribution < -0.4 is 0 Å². The van der Waals surface area contributed by atoms with Crippen molar-refractivity contribution in [2.24, 2.45) is 0 Å². The van der Waals surface area contributed by atoms with Crippen LogP contribution in [0.25, 0.3) is 0 Å². The van der Waals surface area contributed by atoms with Crippen molar-refractivity contribution in [3.8, 4) is 0 Å². The zero-order chi connectivity index (χ0) is 15.2. The number of likely N-dealkylation sites (tertiary alicyclic amines) is 1. The average Bonchev–Trinajstić information content (AvgIpc) is 3.06. The van der Waals surface area contributed by atoms with Crippen LogP contribution in [0.2, 0.25) is 0 Å². The zero-order valence-corrected chi connectivity index (χ0v) is 12.4. The number of likely N-dealkylation sites (N-methyl/N-ethyl adjacent to an activating group) is 1. The van der Waals surface area contributed by atoms with Crippen molar-refractivity contribution in [1.29, 1.82) is 0 Å². The van der Waals surface area contributed by atoms with Gasteiger partial charge in [-0.2, -0.15) is 0 Å². The molecule has 6 nitrogen and oxygen atoms in total. The van der Waals surface area contributed by atoms with Crippen molar-refractivity contribution < 1.29 is 9.59 Å². The summed E-state index contributed by atoms with van der Waals surface area (Å²) in [5.41, 5.74) is 0. The summed E-state index contributed by atoms with van der Waals surface area (Å²) < 4.78 is 0. The molecule has 0 atom stereocenters. The van der Waals surface area contributed by atoms with Crippen LogP contribution in [-0.2, 0) is 9.59 Å². The highest BCUT2D eigenvalue weighted by molar-refractivity contribution is 5.90. The molecular formula is C15H22N4O2. The monoisotopic (exact) mass is 290 g/mol. The number of imidazole rings is 1. The molecule has 0 radical (unpaired) electrons. The third kappa shape index (κ3) is 3.71. The zero-order valence-electron chi connectivity index (χ0n) is 12.4. The Morgan fingerprint density at radius 3 is 2.76 bits per heavy atom. The maximum atomic E-state index is 12.3. The molecule has 0 unspecified atom stereocenters. The summed E-state index contributed by atoms with van der Waals surface area (Å²) in [6, 6.07) is 0. The van der Waals surface area contributed by atoms with E-state index in [9.17, 15) is 9.59 Å². The van der Waals surface area contributed by atoms with Gasteiger partial charge in [0.05, 0.1) is 6.54 Å². The largest absolute Gasteiger partial charge is 0.348 e. The first kappa shape index (κ1) is 15.3. The number of nitrogens with zero attached hydrogens (tertiary/aromatic N) is 3. The van der Waals surface area contributed by atoms with Gasteiger partial charge in [-0.3, -0.25) is 9.59 Å². The van der Waals surface area contributed by atoms with Gasteiger partial charge in [-0.1, -0.05) is 6.58 Å². The van der Waals surface area contributed by atoms with E-state index in [1.54, 1.807) is 6.20 Å². The number of nitrogens with one attached hydrogen (secondary N) is 1. The van der Waals surface area contributed by atoms with E-state index in [0.29, 0.717) is 25.6 Å². The van der Waals surface area contributed by atoms with Crippen LogP contribution in [0, 0.1) is 0 Å². The molecule has 114 valence electrons. The predicted octanol–water partition coefficient (Wildman–Crippen LogP) is 1.15. The minimum atomic E-state index is -0.198. The van der Waals surface area contributed by atoms with Crippen molar-refractivity contribution in [1.82, 2.24) is 19.8 Å². The van der Waals surface area contributed by atoms with Crippen molar-refractivity contribution in [3.63, 3.8) is 0 Å². The van der Waals surface area contributed by atoms with Gasteiger partial charge in [0.2, 0.25) is 11.8 Å². The Morgan fingerprint density at radius 1 is 1.52 bits per heavy atom. The molecule has 0 bridgehead atoms. The number of hydrogen-bond donors (Lipinski definition) is 1. The number of carbonyl (C=O) groups excluding carboxylic acids is 2. The van der Waals surface area contributed by atoms with Gasteiger partial charge in [-0.05, 0) is 25.8 Å². The smallest absolute Gasteiger partial charge is 0.246 e. The number of aromatic amines is 1. The minimum Gasteiger partial charge on any atom is -0.348 e. The summed E-state index contributed by atoms with van der Waals surface area (Å²) in [7, 11) is 0. The second kappa shape index (κ2) is 7.06. The number of piperidine rings is 1. The normalized spacial score (nSPS) is 15.8. The fourth-order valence-corrected chi connectivity index (χ4v) is 2.64. The molecule has 2 rings (SSSR count). The number of rotatable bonds is 5. The number of carbonyl (C=O) groups is 2. The van der Waals surface area contributed by atoms with E-state index in [0.717, 1.165) is 18.7 Å². The van der Waals surface area contributed by atoms with Crippen LogP contribution in [0.5, 0.6) is 0 Å². The highest BCUT2D eigenvalue weighted by atomic mass is 16.2. The van der Waals surface area contributed by atoms with E-state index in [1.807, 2.05) is 18.0 Å². The Kier molecular flexibility index (Phi) is 5.14. The molecule has 1 aliphatic rings. The Labute approximate surface area is 124 Å². The molecule has 1 saturated heterocycles. The molecule has 0 spiro atoms. The summed E-state index contributed by atoms with van der Waals surface area (Å²) in [5.74, 6) is 1.20. The number of amides is 2. The van der Waals surface area contributed by atoms with Gasteiger partial charge < -0.3 is 14.8 Å². The van der Waals surface area contributed by atoms with E-state index in [-0.39, 0.29) is 18.4 Å². The maximum absolute atomic E-state index is 12.3. The molecule has 1 aliphatic heterocycles. The van der Waals surface area contributed by atoms with Crippen LogP contribution in [0.3, 0.4) is 0 Å². The number of H-pyrrole nitrogens is 1. The van der Waals surface area contributed by atoms with Gasteiger partial charge >= 0.3 is 0 Å². The predicted molar refractivity (Wildman–Crippen MR) is 79.6 cm³/mol. The molecular weight excluding hydrogens is 268 g/mol. The fraction of sp³-hybridized carbons (Fsp3) is 0.533. The Morgan fingerprint density at radius 2 is 2.24 bits per heavy atom. The van der Waals surface area contributed by atoms with Crippen molar-refractivity contribution in [2.45, 2.75) is 25.7 Å². The lowest BCUT2D eigenvalue weighted by Gasteiger charge is -2.32. The lowest BCUT2D eigenvalue weighted by atomic mass is 9.96. The average molecular weight is 290 g/mol. The van der Waals surface area contributed by atoms with Gasteiger partial charge in [-0.25, -0.2) is 4.98 Å². The second-order valence-corrected chi connectivity index (χ2v) is 5.19. The van der Waals surface area contributed by atoms with Crippen molar-refractivity contribution >= 4 is 11.8 Å². The highest BCUT2D eigenvalue weighted by Crippen LogP contribution is 2.25. The third-order valence-electron chi connectivity index (χ3n) is 3.95. The van der Waals surface area contributed by atoms with E-state index in [1.165, 1.54) is 11.0 Å². The van der Waals surface area contributed by atoms with Crippen molar-refractivity contribution in [2.75, 3.05) is 26.2 Å². The molecule has 0 saturated carbocycles. The summed E-state index contributed by atoms with van der Waals surface area (Å²) in [6.07, 6.45) is 6.64. The topological polar surface area (TPSA) is 69.3 Å². The van der Waals surface area contributed by atoms with E-state index >= 15 is 0 Å². The molecule has 1 aromatic heterocycles. The quantitative estimate of drug-likeness (QED) is 0.827. The Bertz CT molecular complexity index is 490. The molecule has 2 amide bonds. The van der Waals surface area contributed by atoms with Crippen LogP contribution in [-0.4, -0.2) is 57.8 Å². The van der Waals surface area contributed by atoms with Crippen LogP contribution in [0.4, 0.5) is 0 Å². The lowest BCUT2D eigenvalue weighted by molar-refractivity contribution is -0.138. The molecule has 0 aliphatic carbocycles. The summed E-state index contributed by atoms with van der Waals surface area (Å²) in [4.78, 5) is 34.6.